The number of ketones is 1. The molecule has 152 valence electrons. The number of hydrogen-bond acceptors (Lipinski definition) is 4. The minimum absolute atomic E-state index is 0.0782. The maximum absolute atomic E-state index is 12.9. The van der Waals surface area contributed by atoms with E-state index in [-0.39, 0.29) is 27.9 Å². The minimum atomic E-state index is -3.80. The van der Waals surface area contributed by atoms with Gasteiger partial charge in [0.05, 0.1) is 4.90 Å². The van der Waals surface area contributed by atoms with Crippen LogP contribution >= 0.6 is 0 Å². The average molecular weight is 413 g/mol. The molecule has 7 heteroatoms. The van der Waals surface area contributed by atoms with E-state index in [2.05, 4.69) is 4.72 Å². The van der Waals surface area contributed by atoms with E-state index in [1.165, 1.54) is 6.92 Å². The first kappa shape index (κ1) is 19.6. The lowest BCUT2D eigenvalue weighted by atomic mass is 9.87. The molecule has 29 heavy (non-hydrogen) atoms. The number of anilines is 2. The van der Waals surface area contributed by atoms with Crippen molar-refractivity contribution in [3.05, 3.63) is 53.6 Å². The molecule has 2 aliphatic rings. The standard InChI is InChI=1S/C22H24N2O4S/c1-14(25)15-6-8-17(9-7-15)23-29(27,28)18-10-11-20-19(12-18)22(2,3)13-24(20)21(26)16-4-5-16/h6-12,16,23H,4-5,13H2,1-3H3. The van der Waals surface area contributed by atoms with E-state index in [1.807, 2.05) is 13.8 Å². The van der Waals surface area contributed by atoms with E-state index in [4.69, 9.17) is 0 Å². The van der Waals surface area contributed by atoms with Gasteiger partial charge in [-0.3, -0.25) is 14.3 Å². The van der Waals surface area contributed by atoms with E-state index in [0.717, 1.165) is 24.1 Å². The quantitative estimate of drug-likeness (QED) is 0.759. The number of carbonyl (C=O) groups is 2. The first-order valence-electron chi connectivity index (χ1n) is 9.68. The van der Waals surface area contributed by atoms with E-state index >= 15 is 0 Å². The average Bonchev–Trinajstić information content (AvgIpc) is 3.47. The normalized spacial score (nSPS) is 17.7. The van der Waals surface area contributed by atoms with Crippen molar-refractivity contribution in [3.63, 3.8) is 0 Å². The van der Waals surface area contributed by atoms with Gasteiger partial charge in [-0.15, -0.1) is 0 Å². The zero-order valence-electron chi connectivity index (χ0n) is 16.7. The van der Waals surface area contributed by atoms with Gasteiger partial charge in [0, 0.05) is 34.8 Å². The lowest BCUT2D eigenvalue weighted by molar-refractivity contribution is -0.119. The van der Waals surface area contributed by atoms with Gasteiger partial charge in [-0.1, -0.05) is 13.8 Å². The second-order valence-electron chi connectivity index (χ2n) is 8.50. The third-order valence-corrected chi connectivity index (χ3v) is 6.97. The molecule has 0 atom stereocenters. The van der Waals surface area contributed by atoms with E-state index < -0.39 is 10.0 Å². The first-order valence-corrected chi connectivity index (χ1v) is 11.2. The Morgan fingerprint density at radius 1 is 1.07 bits per heavy atom. The van der Waals surface area contributed by atoms with Crippen LogP contribution in [0.25, 0.3) is 0 Å². The number of carbonyl (C=O) groups excluding carboxylic acids is 2. The van der Waals surface area contributed by atoms with Crippen molar-refractivity contribution in [2.75, 3.05) is 16.2 Å². The molecule has 0 spiro atoms. The number of Topliss-reactive ketones (excluding diaryl/α,β-unsaturated/α-hetero) is 1. The van der Waals surface area contributed by atoms with Crippen molar-refractivity contribution in [1.82, 2.24) is 0 Å². The maximum Gasteiger partial charge on any atom is 0.261 e. The zero-order chi connectivity index (χ0) is 21.0. The maximum atomic E-state index is 12.9. The van der Waals surface area contributed by atoms with Crippen LogP contribution in [-0.2, 0) is 20.2 Å². The van der Waals surface area contributed by atoms with Gasteiger partial charge in [-0.05, 0) is 67.8 Å². The Morgan fingerprint density at radius 2 is 1.72 bits per heavy atom. The molecule has 1 heterocycles. The van der Waals surface area contributed by atoms with Crippen LogP contribution in [0.1, 0.15) is 49.5 Å². The lowest BCUT2D eigenvalue weighted by Gasteiger charge is -2.20. The summed E-state index contributed by atoms with van der Waals surface area (Å²) in [5, 5.41) is 0. The third-order valence-electron chi connectivity index (χ3n) is 5.59. The summed E-state index contributed by atoms with van der Waals surface area (Å²) in [7, 11) is -3.80. The molecule has 0 saturated heterocycles. The zero-order valence-corrected chi connectivity index (χ0v) is 17.5. The molecule has 0 aromatic heterocycles. The molecule has 0 unspecified atom stereocenters. The van der Waals surface area contributed by atoms with Gasteiger partial charge in [0.25, 0.3) is 10.0 Å². The fourth-order valence-corrected chi connectivity index (χ4v) is 4.84. The van der Waals surface area contributed by atoms with Crippen molar-refractivity contribution >= 4 is 33.1 Å². The van der Waals surface area contributed by atoms with Crippen LogP contribution < -0.4 is 9.62 Å². The van der Waals surface area contributed by atoms with Crippen molar-refractivity contribution in [1.29, 1.82) is 0 Å². The van der Waals surface area contributed by atoms with Gasteiger partial charge in [0.2, 0.25) is 5.91 Å². The Bertz CT molecular complexity index is 1100. The highest BCUT2D eigenvalue weighted by Crippen LogP contribution is 2.44. The van der Waals surface area contributed by atoms with Gasteiger partial charge in [-0.2, -0.15) is 0 Å². The Morgan fingerprint density at radius 3 is 2.31 bits per heavy atom. The molecule has 1 amide bonds. The number of nitrogens with one attached hydrogen (secondary N) is 1. The van der Waals surface area contributed by atoms with Crippen molar-refractivity contribution in [2.45, 2.75) is 43.9 Å². The SMILES string of the molecule is CC(=O)c1ccc(NS(=O)(=O)c2ccc3c(c2)C(C)(C)CN3C(=O)C2CC2)cc1. The summed E-state index contributed by atoms with van der Waals surface area (Å²) in [6, 6.07) is 11.3. The number of hydrogen-bond donors (Lipinski definition) is 1. The van der Waals surface area contributed by atoms with E-state index in [9.17, 15) is 18.0 Å². The predicted octanol–water partition coefficient (Wildman–Crippen LogP) is 3.72. The second kappa shape index (κ2) is 6.69. The molecule has 6 nitrogen and oxygen atoms in total. The summed E-state index contributed by atoms with van der Waals surface area (Å²) in [5.41, 5.74) is 2.25. The predicted molar refractivity (Wildman–Crippen MR) is 112 cm³/mol. The highest BCUT2D eigenvalue weighted by Gasteiger charge is 2.43. The summed E-state index contributed by atoms with van der Waals surface area (Å²) < 4.78 is 28.4. The fourth-order valence-electron chi connectivity index (χ4n) is 3.76. The Balaban J connectivity index is 1.63. The molecule has 4 rings (SSSR count). The van der Waals surface area contributed by atoms with Gasteiger partial charge < -0.3 is 4.90 Å². The number of amides is 1. The number of fused-ring (bicyclic) bond motifs is 1. The number of sulfonamides is 1. The van der Waals surface area contributed by atoms with Crippen molar-refractivity contribution in [2.24, 2.45) is 5.92 Å². The minimum Gasteiger partial charge on any atom is -0.311 e. The van der Waals surface area contributed by atoms with Gasteiger partial charge >= 0.3 is 0 Å². The molecule has 0 bridgehead atoms. The molecule has 2 aromatic rings. The highest BCUT2D eigenvalue weighted by molar-refractivity contribution is 7.92. The van der Waals surface area contributed by atoms with Crippen LogP contribution in [0.2, 0.25) is 0 Å². The summed E-state index contributed by atoms with van der Waals surface area (Å²) in [5.74, 6) is 0.168. The molecule has 1 fully saturated rings. The van der Waals surface area contributed by atoms with Gasteiger partial charge in [0.1, 0.15) is 0 Å². The molecule has 1 N–H and O–H groups in total. The van der Waals surface area contributed by atoms with E-state index in [0.29, 0.717) is 17.8 Å². The highest BCUT2D eigenvalue weighted by atomic mass is 32.2. The number of nitrogens with zero attached hydrogens (tertiary/aromatic N) is 1. The number of benzene rings is 2. The van der Waals surface area contributed by atoms with Crippen LogP contribution in [0, 0.1) is 5.92 Å². The largest absolute Gasteiger partial charge is 0.311 e. The van der Waals surface area contributed by atoms with Gasteiger partial charge in [0.15, 0.2) is 5.78 Å². The second-order valence-corrected chi connectivity index (χ2v) is 10.2. The third kappa shape index (κ3) is 3.67. The lowest BCUT2D eigenvalue weighted by Crippen LogP contribution is -2.34. The van der Waals surface area contributed by atoms with Crippen LogP contribution in [-0.4, -0.2) is 26.7 Å². The van der Waals surface area contributed by atoms with Crippen LogP contribution in [0.4, 0.5) is 11.4 Å². The van der Waals surface area contributed by atoms with Crippen LogP contribution in [0.15, 0.2) is 47.4 Å². The summed E-state index contributed by atoms with van der Waals surface area (Å²) in [4.78, 5) is 26.0. The summed E-state index contributed by atoms with van der Waals surface area (Å²) in [6.07, 6.45) is 1.87. The smallest absolute Gasteiger partial charge is 0.261 e. The first-order chi connectivity index (χ1) is 13.6. The molecular weight excluding hydrogens is 388 g/mol. The Labute approximate surface area is 171 Å². The van der Waals surface area contributed by atoms with Gasteiger partial charge in [-0.25, -0.2) is 8.42 Å². The number of rotatable bonds is 5. The topological polar surface area (TPSA) is 83.6 Å². The Hall–Kier alpha value is -2.67. The van der Waals surface area contributed by atoms with Crippen molar-refractivity contribution in [3.8, 4) is 0 Å². The molecule has 2 aromatic carbocycles. The summed E-state index contributed by atoms with van der Waals surface area (Å²) in [6.45, 7) is 6.07. The molecule has 1 aliphatic heterocycles. The summed E-state index contributed by atoms with van der Waals surface area (Å²) >= 11 is 0. The fraction of sp³-hybridized carbons (Fsp3) is 0.364. The van der Waals surface area contributed by atoms with Crippen LogP contribution in [0.3, 0.4) is 0 Å². The van der Waals surface area contributed by atoms with Crippen molar-refractivity contribution < 1.29 is 18.0 Å². The monoisotopic (exact) mass is 412 g/mol. The molecule has 0 radical (unpaired) electrons. The molecule has 1 saturated carbocycles. The molecule has 1 aliphatic carbocycles. The van der Waals surface area contributed by atoms with Crippen LogP contribution in [0.5, 0.6) is 0 Å². The van der Waals surface area contributed by atoms with E-state index in [1.54, 1.807) is 47.4 Å². The Kier molecular flexibility index (Phi) is 4.53. The molecular formula is C22H24N2O4S.